The second kappa shape index (κ2) is 5.30. The van der Waals surface area contributed by atoms with Crippen molar-refractivity contribution in [1.29, 1.82) is 0 Å². The fourth-order valence-electron chi connectivity index (χ4n) is 1.24. The van der Waals surface area contributed by atoms with E-state index >= 15 is 0 Å². The van der Waals surface area contributed by atoms with Gasteiger partial charge in [-0.2, -0.15) is 0 Å². The van der Waals surface area contributed by atoms with Gasteiger partial charge in [0, 0.05) is 12.6 Å². The molecule has 86 valence electrons. The van der Waals surface area contributed by atoms with Crippen LogP contribution < -0.4 is 5.32 Å². The number of carbonyl (C=O) groups is 2. The van der Waals surface area contributed by atoms with Crippen LogP contribution in [-0.4, -0.2) is 18.5 Å². The van der Waals surface area contributed by atoms with E-state index in [1.807, 2.05) is 32.0 Å². The molecule has 1 aromatic carbocycles. The summed E-state index contributed by atoms with van der Waals surface area (Å²) < 4.78 is 4.60. The summed E-state index contributed by atoms with van der Waals surface area (Å²) in [5.74, 6) is -0.792. The molecule has 0 heterocycles. The first-order valence-electron chi connectivity index (χ1n) is 5.00. The maximum atomic E-state index is 11.4. The summed E-state index contributed by atoms with van der Waals surface area (Å²) in [7, 11) is 0. The van der Waals surface area contributed by atoms with Gasteiger partial charge in [-0.15, -0.1) is 0 Å². The molecule has 0 atom stereocenters. The SMILES string of the molecule is CC(=O)OCC(=O)Nc1cccc(C)c1C. The first-order valence-corrected chi connectivity index (χ1v) is 5.00. The van der Waals surface area contributed by atoms with Crippen LogP contribution in [0.1, 0.15) is 18.1 Å². The fraction of sp³-hybridized carbons (Fsp3) is 0.333. The number of benzene rings is 1. The summed E-state index contributed by atoms with van der Waals surface area (Å²) in [4.78, 5) is 21.9. The molecule has 0 saturated heterocycles. The minimum atomic E-state index is -0.462. The molecule has 0 spiro atoms. The van der Waals surface area contributed by atoms with Crippen molar-refractivity contribution in [2.45, 2.75) is 20.8 Å². The molecule has 0 fully saturated rings. The monoisotopic (exact) mass is 221 g/mol. The molecule has 4 heteroatoms. The number of ether oxygens (including phenoxy) is 1. The third-order valence-electron chi connectivity index (χ3n) is 2.29. The van der Waals surface area contributed by atoms with Crippen LogP contribution in [0, 0.1) is 13.8 Å². The molecule has 1 N–H and O–H groups in total. The average molecular weight is 221 g/mol. The number of hydrogen-bond acceptors (Lipinski definition) is 3. The molecule has 4 nitrogen and oxygen atoms in total. The Kier molecular flexibility index (Phi) is 4.05. The molecule has 16 heavy (non-hydrogen) atoms. The van der Waals surface area contributed by atoms with Crippen molar-refractivity contribution in [3.8, 4) is 0 Å². The Morgan fingerprint density at radius 1 is 1.31 bits per heavy atom. The normalized spacial score (nSPS) is 9.69. The summed E-state index contributed by atoms with van der Waals surface area (Å²) in [5.41, 5.74) is 2.86. The predicted octanol–water partition coefficient (Wildman–Crippen LogP) is 1.81. The van der Waals surface area contributed by atoms with Crippen LogP contribution in [-0.2, 0) is 14.3 Å². The molecule has 0 aromatic heterocycles. The lowest BCUT2D eigenvalue weighted by Gasteiger charge is -2.10. The van der Waals surface area contributed by atoms with E-state index in [0.29, 0.717) is 0 Å². The first-order chi connectivity index (χ1) is 7.50. The summed E-state index contributed by atoms with van der Waals surface area (Å²) in [6, 6.07) is 5.65. The summed E-state index contributed by atoms with van der Waals surface area (Å²) in [5, 5.41) is 2.69. The predicted molar refractivity (Wildman–Crippen MR) is 61.2 cm³/mol. The van der Waals surface area contributed by atoms with E-state index in [-0.39, 0.29) is 12.5 Å². The van der Waals surface area contributed by atoms with Gasteiger partial charge in [0.1, 0.15) is 0 Å². The molecule has 0 saturated carbocycles. The molecule has 0 radical (unpaired) electrons. The van der Waals surface area contributed by atoms with Crippen molar-refractivity contribution in [2.24, 2.45) is 0 Å². The van der Waals surface area contributed by atoms with Crippen molar-refractivity contribution >= 4 is 17.6 Å². The topological polar surface area (TPSA) is 55.4 Å². The number of hydrogen-bond donors (Lipinski definition) is 1. The van der Waals surface area contributed by atoms with Crippen LogP contribution >= 0.6 is 0 Å². The van der Waals surface area contributed by atoms with Crippen LogP contribution in [0.4, 0.5) is 5.69 Å². The zero-order chi connectivity index (χ0) is 12.1. The van der Waals surface area contributed by atoms with Crippen LogP contribution in [0.5, 0.6) is 0 Å². The van der Waals surface area contributed by atoms with Gasteiger partial charge in [-0.25, -0.2) is 0 Å². The highest BCUT2D eigenvalue weighted by Gasteiger charge is 2.06. The van der Waals surface area contributed by atoms with Crippen LogP contribution in [0.2, 0.25) is 0 Å². The van der Waals surface area contributed by atoms with Crippen molar-refractivity contribution in [1.82, 2.24) is 0 Å². The van der Waals surface area contributed by atoms with Gasteiger partial charge in [0.2, 0.25) is 0 Å². The zero-order valence-electron chi connectivity index (χ0n) is 9.66. The van der Waals surface area contributed by atoms with Gasteiger partial charge in [-0.3, -0.25) is 9.59 Å². The third-order valence-corrected chi connectivity index (χ3v) is 2.29. The quantitative estimate of drug-likeness (QED) is 0.792. The van der Waals surface area contributed by atoms with Crippen LogP contribution in [0.3, 0.4) is 0 Å². The highest BCUT2D eigenvalue weighted by atomic mass is 16.5. The van der Waals surface area contributed by atoms with E-state index in [2.05, 4.69) is 10.1 Å². The molecule has 0 aliphatic carbocycles. The van der Waals surface area contributed by atoms with Gasteiger partial charge in [0.15, 0.2) is 6.61 Å². The molecule has 0 aliphatic rings. The van der Waals surface area contributed by atoms with Gasteiger partial charge in [-0.05, 0) is 31.0 Å². The van der Waals surface area contributed by atoms with Crippen molar-refractivity contribution in [3.63, 3.8) is 0 Å². The van der Waals surface area contributed by atoms with Crippen molar-refractivity contribution in [2.75, 3.05) is 11.9 Å². The summed E-state index contributed by atoms with van der Waals surface area (Å²) >= 11 is 0. The lowest BCUT2D eigenvalue weighted by atomic mass is 10.1. The maximum Gasteiger partial charge on any atom is 0.303 e. The molecule has 1 rings (SSSR count). The average Bonchev–Trinajstić information content (AvgIpc) is 2.22. The number of anilines is 1. The van der Waals surface area contributed by atoms with Gasteiger partial charge < -0.3 is 10.1 Å². The van der Waals surface area contributed by atoms with Crippen molar-refractivity contribution < 1.29 is 14.3 Å². The summed E-state index contributed by atoms with van der Waals surface area (Å²) in [6.45, 7) is 4.92. The zero-order valence-corrected chi connectivity index (χ0v) is 9.66. The Labute approximate surface area is 94.6 Å². The Morgan fingerprint density at radius 3 is 2.62 bits per heavy atom. The second-order valence-corrected chi connectivity index (χ2v) is 3.58. The second-order valence-electron chi connectivity index (χ2n) is 3.58. The minimum Gasteiger partial charge on any atom is -0.456 e. The Bertz CT molecular complexity index is 413. The Hall–Kier alpha value is -1.84. The molecule has 0 unspecified atom stereocenters. The number of amides is 1. The smallest absolute Gasteiger partial charge is 0.303 e. The van der Waals surface area contributed by atoms with Crippen molar-refractivity contribution in [3.05, 3.63) is 29.3 Å². The lowest BCUT2D eigenvalue weighted by molar-refractivity contribution is -0.144. The molecular weight excluding hydrogens is 206 g/mol. The van der Waals surface area contributed by atoms with E-state index < -0.39 is 5.97 Å². The number of aryl methyl sites for hydroxylation is 1. The maximum absolute atomic E-state index is 11.4. The molecule has 1 amide bonds. The van der Waals surface area contributed by atoms with Gasteiger partial charge in [-0.1, -0.05) is 12.1 Å². The molecule has 1 aromatic rings. The number of esters is 1. The van der Waals surface area contributed by atoms with E-state index in [9.17, 15) is 9.59 Å². The molecule has 0 bridgehead atoms. The van der Waals surface area contributed by atoms with Gasteiger partial charge in [0.25, 0.3) is 5.91 Å². The minimum absolute atomic E-state index is 0.247. The van der Waals surface area contributed by atoms with Gasteiger partial charge >= 0.3 is 5.97 Å². The lowest BCUT2D eigenvalue weighted by Crippen LogP contribution is -2.20. The molecular formula is C12H15NO3. The van der Waals surface area contributed by atoms with Crippen LogP contribution in [0.15, 0.2) is 18.2 Å². The molecule has 0 aliphatic heterocycles. The Morgan fingerprint density at radius 2 is 2.00 bits per heavy atom. The van der Waals surface area contributed by atoms with Crippen LogP contribution in [0.25, 0.3) is 0 Å². The summed E-state index contributed by atoms with van der Waals surface area (Å²) in [6.07, 6.45) is 0. The first kappa shape index (κ1) is 12.2. The van der Waals surface area contributed by atoms with E-state index in [1.165, 1.54) is 6.92 Å². The highest BCUT2D eigenvalue weighted by molar-refractivity contribution is 5.93. The standard InChI is InChI=1S/C12H15NO3/c1-8-5-4-6-11(9(8)2)13-12(15)7-16-10(3)14/h4-6H,7H2,1-3H3,(H,13,15). The third kappa shape index (κ3) is 3.38. The largest absolute Gasteiger partial charge is 0.456 e. The van der Waals surface area contributed by atoms with E-state index in [4.69, 9.17) is 0 Å². The van der Waals surface area contributed by atoms with E-state index in [0.717, 1.165) is 16.8 Å². The van der Waals surface area contributed by atoms with E-state index in [1.54, 1.807) is 0 Å². The number of nitrogens with one attached hydrogen (secondary N) is 1. The van der Waals surface area contributed by atoms with Gasteiger partial charge in [0.05, 0.1) is 0 Å². The number of rotatable bonds is 3. The number of carbonyl (C=O) groups excluding carboxylic acids is 2. The highest BCUT2D eigenvalue weighted by Crippen LogP contribution is 2.17. The Balaban J connectivity index is 2.63. The fourth-order valence-corrected chi connectivity index (χ4v) is 1.24.